The van der Waals surface area contributed by atoms with E-state index in [0.717, 1.165) is 12.4 Å². The number of nitrogens with one attached hydrogen (secondary N) is 2. The molecule has 10 heteroatoms. The largest absolute Gasteiger partial charge is 0.497 e. The van der Waals surface area contributed by atoms with Crippen LogP contribution >= 0.6 is 0 Å². The molecule has 1 atom stereocenters. The Morgan fingerprint density at radius 2 is 1.92 bits per heavy atom. The summed E-state index contributed by atoms with van der Waals surface area (Å²) < 4.78 is 31.5. The number of allylic oxidation sites excluding steroid dienone is 1. The number of likely N-dealkylation sites (N-methyl/N-ethyl adjacent to an activating group) is 2. The van der Waals surface area contributed by atoms with Crippen LogP contribution in [-0.2, 0) is 9.53 Å². The summed E-state index contributed by atoms with van der Waals surface area (Å²) in [6.45, 7) is 1.82. The fourth-order valence-corrected chi connectivity index (χ4v) is 3.53. The summed E-state index contributed by atoms with van der Waals surface area (Å²) in [5.74, 6) is -0.141. The van der Waals surface area contributed by atoms with Crippen LogP contribution in [0.15, 0.2) is 42.6 Å². The number of halogens is 1. The minimum atomic E-state index is -0.714. The fourth-order valence-electron chi connectivity index (χ4n) is 3.53. The number of carbonyl (C=O) groups is 1. The highest BCUT2D eigenvalue weighted by molar-refractivity contribution is 6.08. The highest BCUT2D eigenvalue weighted by Gasteiger charge is 2.27. The molecule has 0 aliphatic rings. The van der Waals surface area contributed by atoms with E-state index < -0.39 is 11.9 Å². The number of hydrogen-bond acceptors (Lipinski definition) is 8. The zero-order chi connectivity index (χ0) is 26.7. The van der Waals surface area contributed by atoms with Crippen molar-refractivity contribution in [3.8, 4) is 11.5 Å². The number of nitrogens with two attached hydrogens (primary N) is 1. The molecule has 0 aromatic heterocycles. The van der Waals surface area contributed by atoms with Gasteiger partial charge in [0, 0.05) is 49.8 Å². The number of ether oxygens (including phenoxy) is 3. The average Bonchev–Trinajstić information content (AvgIpc) is 2.85. The topological polar surface area (TPSA) is 113 Å². The Hall–Kier alpha value is -3.47. The number of nitrogens with zero attached hydrogens (tertiary/aromatic N) is 2. The monoisotopic (exact) mass is 501 g/mol. The third kappa shape index (κ3) is 7.77. The van der Waals surface area contributed by atoms with Crippen molar-refractivity contribution in [3.63, 3.8) is 0 Å². The molecular weight excluding hydrogens is 465 g/mol. The van der Waals surface area contributed by atoms with Crippen LogP contribution < -0.4 is 20.5 Å². The molecule has 1 unspecified atom stereocenters. The Balaban J connectivity index is 2.47. The van der Waals surface area contributed by atoms with E-state index in [1.165, 1.54) is 12.1 Å². The molecule has 0 spiro atoms. The first-order valence-electron chi connectivity index (χ1n) is 11.4. The van der Waals surface area contributed by atoms with Gasteiger partial charge >= 0.3 is 0 Å². The molecule has 2 rings (SSSR count). The SMILES string of the molecule is COCCN(C)C(C(=O)Nc1cc(F)c(/C(C=N)=C/N)cc1OCCN(C)C)c1cccc(OC)c1. The van der Waals surface area contributed by atoms with Crippen LogP contribution in [0.3, 0.4) is 0 Å². The van der Waals surface area contributed by atoms with Gasteiger partial charge in [-0.25, -0.2) is 4.39 Å². The molecule has 0 fully saturated rings. The number of amides is 1. The van der Waals surface area contributed by atoms with Crippen molar-refractivity contribution < 1.29 is 23.4 Å². The first-order valence-corrected chi connectivity index (χ1v) is 11.4. The maximum Gasteiger partial charge on any atom is 0.246 e. The Kier molecular flexibility index (Phi) is 11.3. The number of anilines is 1. The molecule has 4 N–H and O–H groups in total. The maximum absolute atomic E-state index is 15.0. The quantitative estimate of drug-likeness (QED) is 0.341. The van der Waals surface area contributed by atoms with Gasteiger partial charge in [0.05, 0.1) is 19.4 Å². The zero-order valence-electron chi connectivity index (χ0n) is 21.5. The molecule has 0 heterocycles. The van der Waals surface area contributed by atoms with Crippen LogP contribution in [0.1, 0.15) is 17.2 Å². The van der Waals surface area contributed by atoms with Gasteiger partial charge in [-0.2, -0.15) is 0 Å². The van der Waals surface area contributed by atoms with Crippen molar-refractivity contribution in [3.05, 3.63) is 59.5 Å². The molecule has 0 aliphatic carbocycles. The molecule has 2 aromatic carbocycles. The third-order valence-electron chi connectivity index (χ3n) is 5.52. The second-order valence-electron chi connectivity index (χ2n) is 8.39. The van der Waals surface area contributed by atoms with Crippen LogP contribution in [0.25, 0.3) is 5.57 Å². The Bertz CT molecular complexity index is 1060. The second-order valence-corrected chi connectivity index (χ2v) is 8.39. The van der Waals surface area contributed by atoms with Crippen LogP contribution in [0.5, 0.6) is 11.5 Å². The van der Waals surface area contributed by atoms with Crippen molar-refractivity contribution in [2.75, 3.05) is 67.0 Å². The lowest BCUT2D eigenvalue weighted by atomic mass is 10.0. The molecule has 0 saturated carbocycles. The van der Waals surface area contributed by atoms with Gasteiger partial charge in [-0.15, -0.1) is 0 Å². The van der Waals surface area contributed by atoms with Crippen LogP contribution in [0.4, 0.5) is 10.1 Å². The summed E-state index contributed by atoms with van der Waals surface area (Å²) in [5, 5.41) is 10.4. The summed E-state index contributed by atoms with van der Waals surface area (Å²) in [7, 11) is 8.77. The van der Waals surface area contributed by atoms with Crippen LogP contribution in [0.2, 0.25) is 0 Å². The van der Waals surface area contributed by atoms with E-state index in [-0.39, 0.29) is 28.5 Å². The van der Waals surface area contributed by atoms with E-state index in [9.17, 15) is 4.79 Å². The van der Waals surface area contributed by atoms with Gasteiger partial charge in [0.25, 0.3) is 0 Å². The van der Waals surface area contributed by atoms with Crippen molar-refractivity contribution >= 4 is 23.4 Å². The maximum atomic E-state index is 15.0. The average molecular weight is 502 g/mol. The Morgan fingerprint density at radius 1 is 1.17 bits per heavy atom. The molecule has 2 aromatic rings. The van der Waals surface area contributed by atoms with E-state index in [0.29, 0.717) is 37.6 Å². The van der Waals surface area contributed by atoms with Gasteiger partial charge in [-0.3, -0.25) is 9.69 Å². The smallest absolute Gasteiger partial charge is 0.246 e. The first kappa shape index (κ1) is 28.8. The summed E-state index contributed by atoms with van der Waals surface area (Å²) in [6, 6.07) is 9.13. The molecule has 196 valence electrons. The van der Waals surface area contributed by atoms with Crippen LogP contribution in [-0.4, -0.2) is 83.6 Å². The molecule has 0 bridgehead atoms. The van der Waals surface area contributed by atoms with Crippen molar-refractivity contribution in [2.24, 2.45) is 5.73 Å². The number of methoxy groups -OCH3 is 2. The molecular formula is C26H36FN5O4. The van der Waals surface area contributed by atoms with Crippen LogP contribution in [0, 0.1) is 11.2 Å². The lowest BCUT2D eigenvalue weighted by Crippen LogP contribution is -2.36. The predicted octanol–water partition coefficient (Wildman–Crippen LogP) is 2.98. The Labute approximate surface area is 212 Å². The van der Waals surface area contributed by atoms with E-state index in [1.807, 2.05) is 37.0 Å². The zero-order valence-corrected chi connectivity index (χ0v) is 21.5. The number of benzene rings is 2. The van der Waals surface area contributed by atoms with E-state index in [1.54, 1.807) is 32.4 Å². The highest BCUT2D eigenvalue weighted by atomic mass is 19.1. The molecule has 36 heavy (non-hydrogen) atoms. The number of carbonyl (C=O) groups excluding carboxylic acids is 1. The van der Waals surface area contributed by atoms with Gasteiger partial charge in [0.1, 0.15) is 30.0 Å². The fraction of sp³-hybridized carbons (Fsp3) is 0.385. The third-order valence-corrected chi connectivity index (χ3v) is 5.52. The van der Waals surface area contributed by atoms with Gasteiger partial charge < -0.3 is 35.6 Å². The second kappa shape index (κ2) is 14.2. The van der Waals surface area contributed by atoms with Gasteiger partial charge in [0.2, 0.25) is 5.91 Å². The normalized spacial score (nSPS) is 12.5. The standard InChI is InChI=1S/C26H36FN5O4/c1-31(2)9-12-36-24-14-21(19(16-28)17-29)22(27)15-23(24)30-26(33)25(32(3)10-11-34-4)18-7-6-8-20(13-18)35-5/h6-8,13-17,25,28H,9-12,29H2,1-5H3,(H,30,33)/b19-17+,28-16?. The first-order chi connectivity index (χ1) is 17.2. The summed E-state index contributed by atoms with van der Waals surface area (Å²) >= 11 is 0. The number of rotatable bonds is 14. The predicted molar refractivity (Wildman–Crippen MR) is 140 cm³/mol. The van der Waals surface area contributed by atoms with Gasteiger partial charge in [-0.05, 0) is 44.9 Å². The Morgan fingerprint density at radius 3 is 2.53 bits per heavy atom. The lowest BCUT2D eigenvalue weighted by Gasteiger charge is -2.28. The van der Waals surface area contributed by atoms with E-state index in [2.05, 4.69) is 5.32 Å². The molecule has 0 aliphatic heterocycles. The summed E-state index contributed by atoms with van der Waals surface area (Å²) in [4.78, 5) is 17.4. The van der Waals surface area contributed by atoms with Gasteiger partial charge in [-0.1, -0.05) is 12.1 Å². The molecule has 1 amide bonds. The van der Waals surface area contributed by atoms with Crippen molar-refractivity contribution in [1.29, 1.82) is 5.41 Å². The van der Waals surface area contributed by atoms with Crippen molar-refractivity contribution in [1.82, 2.24) is 9.80 Å². The summed E-state index contributed by atoms with van der Waals surface area (Å²) in [5.41, 5.74) is 6.74. The number of hydrogen-bond donors (Lipinski definition) is 3. The van der Waals surface area contributed by atoms with Gasteiger partial charge in [0.15, 0.2) is 0 Å². The highest BCUT2D eigenvalue weighted by Crippen LogP contribution is 2.33. The minimum Gasteiger partial charge on any atom is -0.497 e. The molecule has 9 nitrogen and oxygen atoms in total. The lowest BCUT2D eigenvalue weighted by molar-refractivity contribution is -0.121. The molecule has 0 radical (unpaired) electrons. The van der Waals surface area contributed by atoms with E-state index in [4.69, 9.17) is 25.4 Å². The summed E-state index contributed by atoms with van der Waals surface area (Å²) in [6.07, 6.45) is 2.11. The van der Waals surface area contributed by atoms with Crippen molar-refractivity contribution in [2.45, 2.75) is 6.04 Å². The van der Waals surface area contributed by atoms with E-state index >= 15 is 4.39 Å². The molecule has 0 saturated heterocycles. The minimum absolute atomic E-state index is 0.104.